The van der Waals surface area contributed by atoms with Crippen LogP contribution in [0.1, 0.15) is 22.3 Å². The predicted octanol–water partition coefficient (Wildman–Crippen LogP) is 8.40. The van der Waals surface area contributed by atoms with E-state index in [-0.39, 0.29) is 0 Å². The molecule has 0 bridgehead atoms. The van der Waals surface area contributed by atoms with Crippen LogP contribution in [0, 0.1) is 0 Å². The van der Waals surface area contributed by atoms with Crippen molar-refractivity contribution in [2.45, 2.75) is 0 Å². The maximum absolute atomic E-state index is 4.12. The van der Waals surface area contributed by atoms with Crippen molar-refractivity contribution in [2.24, 2.45) is 0 Å². The molecular formula is C33H26N3+. The SMILES string of the molecule is C[N+]1(c2ccccc2)c2ccc(C=Cc3ccncc3)cc2-c2cc(C=Cc3ccncc3)ccc21. The van der Waals surface area contributed by atoms with Gasteiger partial charge in [-0.15, -0.1) is 0 Å². The van der Waals surface area contributed by atoms with Crippen LogP contribution >= 0.6 is 0 Å². The fraction of sp³-hybridized carbons (Fsp3) is 0.0303. The second-order valence-electron chi connectivity index (χ2n) is 9.12. The molecule has 3 aromatic carbocycles. The number of hydrogen-bond donors (Lipinski definition) is 0. The van der Waals surface area contributed by atoms with E-state index in [0.717, 1.165) is 11.1 Å². The number of nitrogens with zero attached hydrogens (tertiary/aromatic N) is 3. The fourth-order valence-electron chi connectivity index (χ4n) is 4.99. The van der Waals surface area contributed by atoms with Crippen LogP contribution in [0.25, 0.3) is 35.4 Å². The molecule has 1 aliphatic heterocycles. The molecule has 0 unspecified atom stereocenters. The number of para-hydroxylation sites is 1. The van der Waals surface area contributed by atoms with Crippen molar-refractivity contribution < 1.29 is 0 Å². The first kappa shape index (κ1) is 21.9. The Morgan fingerprint density at radius 2 is 0.944 bits per heavy atom. The van der Waals surface area contributed by atoms with Crippen LogP contribution in [0.15, 0.2) is 116 Å². The lowest BCUT2D eigenvalue weighted by molar-refractivity contribution is 0.642. The Bertz CT molecular complexity index is 1470. The zero-order chi connectivity index (χ0) is 24.4. The highest BCUT2D eigenvalue weighted by Crippen LogP contribution is 2.56. The Balaban J connectivity index is 1.46. The quantitative estimate of drug-likeness (QED) is 0.244. The van der Waals surface area contributed by atoms with Crippen molar-refractivity contribution in [1.82, 2.24) is 14.5 Å². The van der Waals surface area contributed by atoms with Crippen molar-refractivity contribution in [1.29, 1.82) is 0 Å². The summed E-state index contributed by atoms with van der Waals surface area (Å²) in [5.41, 5.74) is 11.0. The molecule has 172 valence electrons. The third-order valence-corrected chi connectivity index (χ3v) is 6.92. The summed E-state index contributed by atoms with van der Waals surface area (Å²) < 4.78 is 0.647. The molecule has 3 heteroatoms. The van der Waals surface area contributed by atoms with E-state index in [1.165, 1.54) is 39.3 Å². The van der Waals surface area contributed by atoms with Gasteiger partial charge in [0.05, 0.1) is 18.2 Å². The molecule has 0 spiro atoms. The summed E-state index contributed by atoms with van der Waals surface area (Å²) in [7, 11) is 2.29. The second-order valence-corrected chi connectivity index (χ2v) is 9.12. The molecule has 0 saturated carbocycles. The third kappa shape index (κ3) is 3.96. The Hall–Kier alpha value is -4.60. The van der Waals surface area contributed by atoms with Crippen LogP contribution < -0.4 is 4.48 Å². The van der Waals surface area contributed by atoms with Gasteiger partial charge in [0, 0.05) is 36.9 Å². The van der Waals surface area contributed by atoms with Gasteiger partial charge in [0.2, 0.25) is 0 Å². The van der Waals surface area contributed by atoms with E-state index in [9.17, 15) is 0 Å². The Labute approximate surface area is 212 Å². The topological polar surface area (TPSA) is 25.8 Å². The molecule has 1 aliphatic rings. The summed E-state index contributed by atoms with van der Waals surface area (Å²) >= 11 is 0. The van der Waals surface area contributed by atoms with Gasteiger partial charge in [0.1, 0.15) is 5.69 Å². The van der Waals surface area contributed by atoms with E-state index in [0.29, 0.717) is 4.48 Å². The highest BCUT2D eigenvalue weighted by molar-refractivity contribution is 5.99. The van der Waals surface area contributed by atoms with Crippen molar-refractivity contribution >= 4 is 41.4 Å². The monoisotopic (exact) mass is 464 g/mol. The molecule has 0 amide bonds. The van der Waals surface area contributed by atoms with Gasteiger partial charge in [-0.3, -0.25) is 9.97 Å². The largest absolute Gasteiger partial charge is 0.265 e. The van der Waals surface area contributed by atoms with Gasteiger partial charge in [-0.05, 0) is 82.9 Å². The first-order valence-electron chi connectivity index (χ1n) is 12.1. The van der Waals surface area contributed by atoms with Gasteiger partial charge in [-0.2, -0.15) is 0 Å². The summed E-state index contributed by atoms with van der Waals surface area (Å²) in [5, 5.41) is 0. The van der Waals surface area contributed by atoms with Crippen LogP contribution in [-0.2, 0) is 0 Å². The van der Waals surface area contributed by atoms with E-state index < -0.39 is 0 Å². The predicted molar refractivity (Wildman–Crippen MR) is 152 cm³/mol. The summed E-state index contributed by atoms with van der Waals surface area (Å²) in [6.07, 6.45) is 15.9. The molecule has 0 N–H and O–H groups in total. The molecule has 2 aromatic heterocycles. The highest BCUT2D eigenvalue weighted by Gasteiger charge is 2.42. The minimum absolute atomic E-state index is 0.647. The number of benzene rings is 3. The maximum Gasteiger partial charge on any atom is 0.151 e. The van der Waals surface area contributed by atoms with Crippen molar-refractivity contribution in [3.63, 3.8) is 0 Å². The number of hydrogen-bond acceptors (Lipinski definition) is 2. The van der Waals surface area contributed by atoms with Crippen LogP contribution in [0.3, 0.4) is 0 Å². The molecule has 36 heavy (non-hydrogen) atoms. The molecule has 0 fully saturated rings. The summed E-state index contributed by atoms with van der Waals surface area (Å²) in [6, 6.07) is 32.4. The third-order valence-electron chi connectivity index (χ3n) is 6.92. The number of aromatic nitrogens is 2. The van der Waals surface area contributed by atoms with Gasteiger partial charge in [0.15, 0.2) is 11.4 Å². The van der Waals surface area contributed by atoms with Crippen LogP contribution in [-0.4, -0.2) is 17.0 Å². The van der Waals surface area contributed by atoms with Gasteiger partial charge in [-0.25, -0.2) is 4.48 Å². The molecule has 0 atom stereocenters. The minimum Gasteiger partial charge on any atom is -0.265 e. The highest BCUT2D eigenvalue weighted by atomic mass is 15.4. The average Bonchev–Trinajstić information content (AvgIpc) is 3.20. The van der Waals surface area contributed by atoms with E-state index in [4.69, 9.17) is 0 Å². The lowest BCUT2D eigenvalue weighted by Gasteiger charge is -2.30. The Morgan fingerprint density at radius 3 is 1.42 bits per heavy atom. The number of rotatable bonds is 5. The lowest BCUT2D eigenvalue weighted by atomic mass is 10.0. The van der Waals surface area contributed by atoms with Crippen LogP contribution in [0.2, 0.25) is 0 Å². The van der Waals surface area contributed by atoms with Crippen LogP contribution in [0.5, 0.6) is 0 Å². The first-order valence-corrected chi connectivity index (χ1v) is 12.1. The second kappa shape index (κ2) is 9.21. The lowest BCUT2D eigenvalue weighted by Crippen LogP contribution is -2.31. The van der Waals surface area contributed by atoms with E-state index in [2.05, 4.69) is 108 Å². The molecule has 3 nitrogen and oxygen atoms in total. The van der Waals surface area contributed by atoms with E-state index in [1.54, 1.807) is 0 Å². The maximum atomic E-state index is 4.12. The van der Waals surface area contributed by atoms with Crippen LogP contribution in [0.4, 0.5) is 17.1 Å². The zero-order valence-electron chi connectivity index (χ0n) is 20.1. The van der Waals surface area contributed by atoms with Crippen molar-refractivity contribution in [3.05, 3.63) is 138 Å². The summed E-state index contributed by atoms with van der Waals surface area (Å²) in [6.45, 7) is 0. The normalized spacial score (nSPS) is 16.4. The smallest absolute Gasteiger partial charge is 0.151 e. The van der Waals surface area contributed by atoms with Crippen molar-refractivity contribution in [3.8, 4) is 11.1 Å². The van der Waals surface area contributed by atoms with Gasteiger partial charge in [0.25, 0.3) is 0 Å². The summed E-state index contributed by atoms with van der Waals surface area (Å²) in [4.78, 5) is 8.23. The van der Waals surface area contributed by atoms with Crippen molar-refractivity contribution in [2.75, 3.05) is 7.05 Å². The molecule has 5 aromatic rings. The Kier molecular flexibility index (Phi) is 5.61. The first-order chi connectivity index (χ1) is 17.7. The van der Waals surface area contributed by atoms with Gasteiger partial charge < -0.3 is 0 Å². The average molecular weight is 465 g/mol. The summed E-state index contributed by atoms with van der Waals surface area (Å²) in [5.74, 6) is 0. The molecule has 3 heterocycles. The molecule has 0 radical (unpaired) electrons. The fourth-order valence-corrected chi connectivity index (χ4v) is 4.99. The molecular weight excluding hydrogens is 438 g/mol. The molecule has 0 aliphatic carbocycles. The van der Waals surface area contributed by atoms with Gasteiger partial charge >= 0.3 is 0 Å². The van der Waals surface area contributed by atoms with E-state index >= 15 is 0 Å². The number of pyridine rings is 2. The molecule has 0 saturated heterocycles. The zero-order valence-corrected chi connectivity index (χ0v) is 20.1. The Morgan fingerprint density at radius 1 is 0.500 bits per heavy atom. The number of quaternary nitrogens is 1. The molecule has 6 rings (SSSR count). The van der Waals surface area contributed by atoms with E-state index in [1.807, 2.05) is 49.1 Å². The minimum atomic E-state index is 0.647. The number of fused-ring (bicyclic) bond motifs is 3. The standard InChI is InChI=1S/C33H26N3/c1-36(29-5-3-2-4-6-29)32-13-11-27(9-7-25-15-19-34-20-16-25)23-30(32)31-24-28(12-14-33(31)36)10-8-26-17-21-35-22-18-26/h2-24H,1H3/q+1. The van der Waals surface area contributed by atoms with Gasteiger partial charge in [-0.1, -0.05) is 42.5 Å².